The molecule has 1 saturated heterocycles. The van der Waals surface area contributed by atoms with E-state index in [2.05, 4.69) is 31.7 Å². The van der Waals surface area contributed by atoms with Gasteiger partial charge in [0, 0.05) is 31.0 Å². The predicted molar refractivity (Wildman–Crippen MR) is 134 cm³/mol. The lowest BCUT2D eigenvalue weighted by molar-refractivity contribution is -0.131. The van der Waals surface area contributed by atoms with Crippen molar-refractivity contribution in [2.75, 3.05) is 24.6 Å². The molecular weight excluding hydrogens is 414 g/mol. The Morgan fingerprint density at radius 2 is 1.94 bits per heavy atom. The number of hydrogen-bond donors (Lipinski definition) is 1. The van der Waals surface area contributed by atoms with Gasteiger partial charge in [-0.15, -0.1) is 0 Å². The first-order valence-electron chi connectivity index (χ1n) is 13.6. The maximum Gasteiger partial charge on any atom is 0.222 e. The van der Waals surface area contributed by atoms with E-state index in [1.165, 1.54) is 38.5 Å². The highest BCUT2D eigenvalue weighted by Crippen LogP contribution is 2.67. The van der Waals surface area contributed by atoms with Gasteiger partial charge in [0.2, 0.25) is 5.91 Å². The number of amides is 1. The minimum Gasteiger partial charge on any atom is -0.393 e. The molecule has 0 bridgehead atoms. The minimum atomic E-state index is -0.108. The molecule has 4 aliphatic carbocycles. The fourth-order valence-electron chi connectivity index (χ4n) is 9.14. The van der Waals surface area contributed by atoms with Crippen LogP contribution in [0.5, 0.6) is 0 Å². The fourth-order valence-corrected chi connectivity index (χ4v) is 10.0. The number of rotatable bonds is 4. The van der Waals surface area contributed by atoms with Gasteiger partial charge in [-0.3, -0.25) is 4.79 Å². The summed E-state index contributed by atoms with van der Waals surface area (Å²) in [6.45, 7) is 9.51. The Labute approximate surface area is 200 Å². The molecule has 4 heteroatoms. The molecule has 0 aromatic heterocycles. The van der Waals surface area contributed by atoms with E-state index in [0.29, 0.717) is 22.7 Å². The number of aliphatic hydroxyl groups excluding tert-OH is 1. The van der Waals surface area contributed by atoms with Crippen LogP contribution in [0.1, 0.15) is 85.0 Å². The van der Waals surface area contributed by atoms with Gasteiger partial charge in [0.1, 0.15) is 0 Å². The highest BCUT2D eigenvalue weighted by atomic mass is 32.2. The highest BCUT2D eigenvalue weighted by molar-refractivity contribution is 7.99. The Morgan fingerprint density at radius 1 is 1.16 bits per heavy atom. The van der Waals surface area contributed by atoms with Gasteiger partial charge in [0.05, 0.1) is 6.10 Å². The smallest absolute Gasteiger partial charge is 0.222 e. The Bertz CT molecular complexity index is 746. The summed E-state index contributed by atoms with van der Waals surface area (Å²) in [7, 11) is 0. The van der Waals surface area contributed by atoms with Crippen LogP contribution in [0.25, 0.3) is 0 Å². The molecule has 32 heavy (non-hydrogen) atoms. The van der Waals surface area contributed by atoms with Crippen molar-refractivity contribution in [3.05, 3.63) is 11.6 Å². The Hall–Kier alpha value is -0.480. The van der Waals surface area contributed by atoms with Crippen LogP contribution in [0.2, 0.25) is 0 Å². The fraction of sp³-hybridized carbons (Fsp3) is 0.893. The van der Waals surface area contributed by atoms with Crippen molar-refractivity contribution in [1.29, 1.82) is 0 Å². The molecule has 1 aliphatic heterocycles. The first kappa shape index (κ1) is 23.3. The van der Waals surface area contributed by atoms with Crippen LogP contribution >= 0.6 is 11.8 Å². The second-order valence-corrected chi connectivity index (χ2v) is 13.6. The minimum absolute atomic E-state index is 0.108. The zero-order valence-corrected chi connectivity index (χ0v) is 21.5. The molecule has 0 aromatic carbocycles. The number of aliphatic hydroxyl groups is 1. The van der Waals surface area contributed by atoms with E-state index in [1.807, 2.05) is 11.8 Å². The van der Waals surface area contributed by atoms with E-state index in [4.69, 9.17) is 0 Å². The number of carbonyl (C=O) groups excluding carboxylic acids is 1. The van der Waals surface area contributed by atoms with E-state index in [0.717, 1.165) is 74.0 Å². The standard InChI is InChI=1S/C28H45NO2S/c1-19(4-9-26(31)29-14-16-32-17-15-29)23-7-8-24-22-6-5-20-18-21(30)10-12-27(20,2)25(22)11-13-28(23,24)3/h5,19,21-25,30H,4,6-18H2,1-3H3. The Kier molecular flexibility index (Phi) is 6.51. The molecule has 0 aromatic rings. The van der Waals surface area contributed by atoms with Gasteiger partial charge in [-0.1, -0.05) is 32.4 Å². The van der Waals surface area contributed by atoms with Crippen LogP contribution in [0.3, 0.4) is 0 Å². The Morgan fingerprint density at radius 3 is 2.72 bits per heavy atom. The maximum atomic E-state index is 12.8. The largest absolute Gasteiger partial charge is 0.393 e. The van der Waals surface area contributed by atoms with Crippen molar-refractivity contribution in [2.24, 2.45) is 40.4 Å². The lowest BCUT2D eigenvalue weighted by Crippen LogP contribution is -2.50. The molecule has 0 spiro atoms. The molecule has 1 heterocycles. The second-order valence-electron chi connectivity index (χ2n) is 12.4. The van der Waals surface area contributed by atoms with Crippen LogP contribution in [0, 0.1) is 40.4 Å². The van der Waals surface area contributed by atoms with Crippen LogP contribution in [-0.2, 0) is 4.79 Å². The molecule has 5 aliphatic rings. The van der Waals surface area contributed by atoms with Crippen molar-refractivity contribution in [3.8, 4) is 0 Å². The molecule has 1 N–H and O–H groups in total. The monoisotopic (exact) mass is 459 g/mol. The van der Waals surface area contributed by atoms with E-state index in [1.54, 1.807) is 5.57 Å². The number of hydrogen-bond acceptors (Lipinski definition) is 3. The molecule has 180 valence electrons. The number of nitrogens with zero attached hydrogens (tertiary/aromatic N) is 1. The van der Waals surface area contributed by atoms with Crippen molar-refractivity contribution in [1.82, 2.24) is 4.90 Å². The molecule has 1 amide bonds. The summed E-state index contributed by atoms with van der Waals surface area (Å²) in [5.41, 5.74) is 2.38. The van der Waals surface area contributed by atoms with Gasteiger partial charge >= 0.3 is 0 Å². The number of carbonyl (C=O) groups is 1. The summed E-state index contributed by atoms with van der Waals surface area (Å²) in [6, 6.07) is 0. The van der Waals surface area contributed by atoms with Gasteiger partial charge in [0.25, 0.3) is 0 Å². The van der Waals surface area contributed by atoms with E-state index < -0.39 is 0 Å². The van der Waals surface area contributed by atoms with Crippen molar-refractivity contribution >= 4 is 17.7 Å². The van der Waals surface area contributed by atoms with Crippen molar-refractivity contribution in [2.45, 2.75) is 91.1 Å². The SMILES string of the molecule is CC(CCC(=O)N1CCSCC1)C1CCC2C3CC=C4CC(O)CCC4(C)C3CCC12C. The molecule has 5 rings (SSSR count). The van der Waals surface area contributed by atoms with E-state index in [9.17, 15) is 9.90 Å². The molecule has 8 atom stereocenters. The van der Waals surface area contributed by atoms with Crippen LogP contribution < -0.4 is 0 Å². The summed E-state index contributed by atoms with van der Waals surface area (Å²) in [5.74, 6) is 6.57. The average Bonchev–Trinajstić information content (AvgIpc) is 3.15. The zero-order chi connectivity index (χ0) is 22.5. The van der Waals surface area contributed by atoms with Crippen molar-refractivity contribution < 1.29 is 9.90 Å². The predicted octanol–water partition coefficient (Wildman–Crippen LogP) is 5.92. The van der Waals surface area contributed by atoms with Gasteiger partial charge in [-0.05, 0) is 98.2 Å². The lowest BCUT2D eigenvalue weighted by atomic mass is 9.47. The van der Waals surface area contributed by atoms with E-state index >= 15 is 0 Å². The second kappa shape index (κ2) is 8.95. The topological polar surface area (TPSA) is 40.5 Å². The summed E-state index contributed by atoms with van der Waals surface area (Å²) in [4.78, 5) is 14.9. The van der Waals surface area contributed by atoms with Crippen LogP contribution in [0.15, 0.2) is 11.6 Å². The number of fused-ring (bicyclic) bond motifs is 5. The van der Waals surface area contributed by atoms with Crippen LogP contribution in [-0.4, -0.2) is 46.6 Å². The molecular formula is C28H45NO2S. The summed E-state index contributed by atoms with van der Waals surface area (Å²) >= 11 is 1.98. The first-order valence-corrected chi connectivity index (χ1v) is 14.7. The summed E-state index contributed by atoms with van der Waals surface area (Å²) in [6.07, 6.45) is 14.1. The van der Waals surface area contributed by atoms with Crippen molar-refractivity contribution in [3.63, 3.8) is 0 Å². The quantitative estimate of drug-likeness (QED) is 0.531. The average molecular weight is 460 g/mol. The lowest BCUT2D eigenvalue weighted by Gasteiger charge is -2.58. The third-order valence-corrected chi connectivity index (χ3v) is 12.0. The summed E-state index contributed by atoms with van der Waals surface area (Å²) in [5, 5.41) is 10.2. The number of thioether (sulfide) groups is 1. The van der Waals surface area contributed by atoms with E-state index in [-0.39, 0.29) is 6.10 Å². The van der Waals surface area contributed by atoms with Gasteiger partial charge in [-0.2, -0.15) is 11.8 Å². The van der Waals surface area contributed by atoms with Gasteiger partial charge < -0.3 is 10.0 Å². The Balaban J connectivity index is 1.25. The molecule has 8 unspecified atom stereocenters. The molecule has 0 radical (unpaired) electrons. The zero-order valence-electron chi connectivity index (χ0n) is 20.7. The third kappa shape index (κ3) is 3.89. The van der Waals surface area contributed by atoms with Crippen LogP contribution in [0.4, 0.5) is 0 Å². The molecule has 3 saturated carbocycles. The van der Waals surface area contributed by atoms with Gasteiger partial charge in [-0.25, -0.2) is 0 Å². The molecule has 3 nitrogen and oxygen atoms in total. The number of allylic oxidation sites excluding steroid dienone is 1. The maximum absolute atomic E-state index is 12.8. The van der Waals surface area contributed by atoms with Gasteiger partial charge in [0.15, 0.2) is 0 Å². The normalized spacial score (nSPS) is 44.8. The molecule has 4 fully saturated rings. The third-order valence-electron chi connectivity index (χ3n) is 11.0. The summed E-state index contributed by atoms with van der Waals surface area (Å²) < 4.78 is 0. The first-order chi connectivity index (χ1) is 15.3. The highest BCUT2D eigenvalue weighted by Gasteiger charge is 2.59.